The van der Waals surface area contributed by atoms with E-state index >= 15 is 0 Å². The van der Waals surface area contributed by atoms with E-state index in [9.17, 15) is 0 Å². The lowest BCUT2D eigenvalue weighted by molar-refractivity contribution is 1.30. The number of rotatable bonds is 1. The number of benzene rings is 1. The summed E-state index contributed by atoms with van der Waals surface area (Å²) in [5, 5.41) is 0. The van der Waals surface area contributed by atoms with Crippen molar-refractivity contribution in [3.8, 4) is 0 Å². The lowest BCUT2D eigenvalue weighted by Gasteiger charge is -1.98. The molecule has 0 atom stereocenters. The molecule has 0 N–H and O–H groups in total. The first-order valence-corrected chi connectivity index (χ1v) is 6.70. The molecule has 20 heavy (non-hydrogen) atoms. The molecule has 2 aromatic rings. The Kier molecular flexibility index (Phi) is 12.4. The summed E-state index contributed by atoms with van der Waals surface area (Å²) in [5.41, 5.74) is 5.17. The Hall–Kier alpha value is -1.89. The van der Waals surface area contributed by atoms with Crippen LogP contribution in [0.2, 0.25) is 0 Å². The predicted molar refractivity (Wildman–Crippen MR) is 93.1 cm³/mol. The van der Waals surface area contributed by atoms with Crippen molar-refractivity contribution in [2.75, 3.05) is 0 Å². The lowest BCUT2D eigenvalue weighted by atomic mass is 10.1. The van der Waals surface area contributed by atoms with E-state index in [0.29, 0.717) is 0 Å². The Labute approximate surface area is 125 Å². The Morgan fingerprint density at radius 1 is 1.00 bits per heavy atom. The van der Waals surface area contributed by atoms with Crippen LogP contribution in [0, 0.1) is 20.8 Å². The summed E-state index contributed by atoms with van der Waals surface area (Å²) >= 11 is 0. The van der Waals surface area contributed by atoms with Crippen molar-refractivity contribution in [2.45, 2.75) is 42.0 Å². The zero-order chi connectivity index (χ0) is 14.7. The fourth-order valence-electron chi connectivity index (χ4n) is 1.39. The zero-order valence-corrected chi connectivity index (χ0v) is 12.8. The molecule has 2 rings (SSSR count). The van der Waals surface area contributed by atoms with Gasteiger partial charge in [0.2, 0.25) is 0 Å². The van der Waals surface area contributed by atoms with Crippen LogP contribution in [0.5, 0.6) is 0 Å². The van der Waals surface area contributed by atoms with Crippen molar-refractivity contribution in [1.82, 2.24) is 4.98 Å². The van der Waals surface area contributed by atoms with E-state index in [0.717, 1.165) is 5.56 Å². The smallest absolute Gasteiger partial charge is 0.0340 e. The molecule has 1 aromatic heterocycles. The standard InChI is InChI=1S/C9H12.C7H7N.C2H6.CH4/c1-7-4-5-8(2)9(3)6-7;1-2-7-4-3-5-8-6-7;1-2;/h4-6H,1-3H3;2-6H,1H2;1-2H3;1H4. The first-order valence-electron chi connectivity index (χ1n) is 6.70. The topological polar surface area (TPSA) is 12.9 Å². The summed E-state index contributed by atoms with van der Waals surface area (Å²) in [4.78, 5) is 3.88. The molecule has 0 saturated heterocycles. The maximum absolute atomic E-state index is 3.88. The van der Waals surface area contributed by atoms with Gasteiger partial charge in [-0.25, -0.2) is 0 Å². The van der Waals surface area contributed by atoms with Crippen LogP contribution in [0.3, 0.4) is 0 Å². The molecule has 0 aliphatic carbocycles. The van der Waals surface area contributed by atoms with Crippen molar-refractivity contribution in [1.29, 1.82) is 0 Å². The summed E-state index contributed by atoms with van der Waals surface area (Å²) < 4.78 is 0. The van der Waals surface area contributed by atoms with Crippen molar-refractivity contribution in [3.05, 3.63) is 71.6 Å². The monoisotopic (exact) mass is 271 g/mol. The summed E-state index contributed by atoms with van der Waals surface area (Å²) in [5.74, 6) is 0. The molecule has 0 aliphatic heterocycles. The third-order valence-electron chi connectivity index (χ3n) is 2.58. The van der Waals surface area contributed by atoms with E-state index in [4.69, 9.17) is 0 Å². The highest BCUT2D eigenvalue weighted by Gasteiger charge is 1.89. The highest BCUT2D eigenvalue weighted by molar-refractivity contribution is 5.44. The van der Waals surface area contributed by atoms with Crippen LogP contribution in [-0.2, 0) is 0 Å². The van der Waals surface area contributed by atoms with Gasteiger partial charge in [-0.15, -0.1) is 0 Å². The second-order valence-electron chi connectivity index (χ2n) is 4.08. The van der Waals surface area contributed by atoms with Crippen molar-refractivity contribution < 1.29 is 0 Å². The minimum absolute atomic E-state index is 0. The third-order valence-corrected chi connectivity index (χ3v) is 2.58. The normalized spacial score (nSPS) is 8.05. The molecule has 110 valence electrons. The number of aromatic nitrogens is 1. The van der Waals surface area contributed by atoms with Crippen LogP contribution < -0.4 is 0 Å². The van der Waals surface area contributed by atoms with Crippen LogP contribution in [0.25, 0.3) is 6.08 Å². The van der Waals surface area contributed by atoms with Gasteiger partial charge in [0.05, 0.1) is 0 Å². The van der Waals surface area contributed by atoms with E-state index in [1.165, 1.54) is 16.7 Å². The SMILES string of the molecule is C.C=Cc1cccnc1.CC.Cc1ccc(C)c(C)c1. The molecule has 1 heteroatoms. The Morgan fingerprint density at radius 2 is 1.65 bits per heavy atom. The molecule has 0 unspecified atom stereocenters. The number of hydrogen-bond acceptors (Lipinski definition) is 1. The van der Waals surface area contributed by atoms with Crippen LogP contribution >= 0.6 is 0 Å². The van der Waals surface area contributed by atoms with Gasteiger partial charge < -0.3 is 0 Å². The fourth-order valence-corrected chi connectivity index (χ4v) is 1.39. The zero-order valence-electron chi connectivity index (χ0n) is 12.8. The summed E-state index contributed by atoms with van der Waals surface area (Å²) in [7, 11) is 0. The summed E-state index contributed by atoms with van der Waals surface area (Å²) in [6.45, 7) is 14.0. The molecule has 0 saturated carbocycles. The van der Waals surface area contributed by atoms with E-state index in [1.807, 2.05) is 26.0 Å². The van der Waals surface area contributed by atoms with Gasteiger partial charge >= 0.3 is 0 Å². The molecule has 0 bridgehead atoms. The molecule has 1 nitrogen and oxygen atoms in total. The molecule has 0 spiro atoms. The first kappa shape index (κ1) is 20.4. The van der Waals surface area contributed by atoms with E-state index in [1.54, 1.807) is 18.5 Å². The number of hydrogen-bond donors (Lipinski definition) is 0. The number of nitrogens with zero attached hydrogens (tertiary/aromatic N) is 1. The Bertz CT molecular complexity index is 472. The molecular weight excluding hydrogens is 242 g/mol. The maximum atomic E-state index is 3.88. The van der Waals surface area contributed by atoms with E-state index in [2.05, 4.69) is 50.5 Å². The number of pyridine rings is 1. The highest BCUT2D eigenvalue weighted by atomic mass is 14.6. The first-order chi connectivity index (χ1) is 9.13. The molecule has 0 fully saturated rings. The maximum Gasteiger partial charge on any atom is 0.0340 e. The second kappa shape index (κ2) is 12.2. The quantitative estimate of drug-likeness (QED) is 0.620. The molecule has 1 aromatic carbocycles. The van der Waals surface area contributed by atoms with Gasteiger partial charge in [-0.1, -0.05) is 63.8 Å². The van der Waals surface area contributed by atoms with Gasteiger partial charge in [-0.2, -0.15) is 0 Å². The highest BCUT2D eigenvalue weighted by Crippen LogP contribution is 2.07. The summed E-state index contributed by atoms with van der Waals surface area (Å²) in [6, 6.07) is 10.3. The van der Waals surface area contributed by atoms with Crippen LogP contribution in [0.4, 0.5) is 0 Å². The summed E-state index contributed by atoms with van der Waals surface area (Å²) in [6.07, 6.45) is 5.28. The van der Waals surface area contributed by atoms with Crippen LogP contribution in [-0.4, -0.2) is 4.98 Å². The van der Waals surface area contributed by atoms with E-state index < -0.39 is 0 Å². The van der Waals surface area contributed by atoms with Gasteiger partial charge in [0.1, 0.15) is 0 Å². The van der Waals surface area contributed by atoms with Gasteiger partial charge in [-0.3, -0.25) is 4.98 Å². The van der Waals surface area contributed by atoms with Gasteiger partial charge in [0.15, 0.2) is 0 Å². The van der Waals surface area contributed by atoms with Crippen LogP contribution in [0.15, 0.2) is 49.3 Å². The molecule has 0 aliphatic rings. The molecular formula is C19H29N. The van der Waals surface area contributed by atoms with Crippen molar-refractivity contribution in [3.63, 3.8) is 0 Å². The van der Waals surface area contributed by atoms with E-state index in [-0.39, 0.29) is 7.43 Å². The van der Waals surface area contributed by atoms with Crippen molar-refractivity contribution >= 4 is 6.08 Å². The van der Waals surface area contributed by atoms with Gasteiger partial charge in [0, 0.05) is 12.4 Å². The van der Waals surface area contributed by atoms with Crippen LogP contribution in [0.1, 0.15) is 43.5 Å². The minimum Gasteiger partial charge on any atom is -0.264 e. The molecule has 0 radical (unpaired) electrons. The second-order valence-corrected chi connectivity index (χ2v) is 4.08. The minimum atomic E-state index is 0. The predicted octanol–water partition coefficient (Wildman–Crippen LogP) is 6.00. The van der Waals surface area contributed by atoms with Crippen molar-refractivity contribution in [2.24, 2.45) is 0 Å². The van der Waals surface area contributed by atoms with Gasteiger partial charge in [-0.05, 0) is 43.5 Å². The Morgan fingerprint density at radius 3 is 2.00 bits per heavy atom. The average molecular weight is 271 g/mol. The fraction of sp³-hybridized carbons (Fsp3) is 0.316. The lowest BCUT2D eigenvalue weighted by Crippen LogP contribution is -1.79. The Balaban J connectivity index is 0. The largest absolute Gasteiger partial charge is 0.264 e. The van der Waals surface area contributed by atoms with Gasteiger partial charge in [0.25, 0.3) is 0 Å². The average Bonchev–Trinajstić information content (AvgIpc) is 2.47. The third kappa shape index (κ3) is 8.25. The molecule has 1 heterocycles. The molecule has 0 amide bonds. The number of aryl methyl sites for hydroxylation is 3.